The maximum atomic E-state index is 12.4. The van der Waals surface area contributed by atoms with Crippen LogP contribution in [0, 0.1) is 0 Å². The molecule has 90 valence electrons. The molecule has 0 bridgehead atoms. The number of aromatic nitrogens is 2. The summed E-state index contributed by atoms with van der Waals surface area (Å²) in [6, 6.07) is 3.07. The van der Waals surface area contributed by atoms with Gasteiger partial charge in [-0.2, -0.15) is 13.2 Å². The summed E-state index contributed by atoms with van der Waals surface area (Å²) < 4.78 is 48.4. The first-order valence-electron chi connectivity index (χ1n) is 4.55. The molecule has 0 aliphatic carbocycles. The van der Waals surface area contributed by atoms with E-state index in [2.05, 4.69) is 9.97 Å². The summed E-state index contributed by atoms with van der Waals surface area (Å²) in [5, 5.41) is 0.247. The van der Waals surface area contributed by atoms with Gasteiger partial charge in [-0.3, -0.25) is 9.19 Å². The minimum Gasteiger partial charge on any atom is -0.253 e. The van der Waals surface area contributed by atoms with Crippen LogP contribution in [0.3, 0.4) is 0 Å². The van der Waals surface area contributed by atoms with Crippen LogP contribution in [0.2, 0.25) is 0 Å². The molecule has 3 nitrogen and oxygen atoms in total. The summed E-state index contributed by atoms with van der Waals surface area (Å²) in [7, 11) is -1.30. The van der Waals surface area contributed by atoms with Gasteiger partial charge in [-0.05, 0) is 18.2 Å². The molecule has 0 radical (unpaired) electrons. The number of hydrogen-bond acceptors (Lipinski definition) is 3. The van der Waals surface area contributed by atoms with Crippen molar-refractivity contribution in [2.24, 2.45) is 0 Å². The van der Waals surface area contributed by atoms with Gasteiger partial charge in [0.25, 0.3) is 0 Å². The lowest BCUT2D eigenvalue weighted by atomic mass is 10.2. The van der Waals surface area contributed by atoms with E-state index in [0.29, 0.717) is 5.52 Å². The Morgan fingerprint density at radius 2 is 1.94 bits per heavy atom. The van der Waals surface area contributed by atoms with Crippen LogP contribution in [0.25, 0.3) is 11.0 Å². The van der Waals surface area contributed by atoms with E-state index in [-0.39, 0.29) is 10.5 Å². The van der Waals surface area contributed by atoms with Crippen LogP contribution in [0.5, 0.6) is 0 Å². The fourth-order valence-electron chi connectivity index (χ4n) is 1.31. The Hall–Kier alpha value is -1.50. The lowest BCUT2D eigenvalue weighted by Gasteiger charge is -2.07. The van der Waals surface area contributed by atoms with Crippen molar-refractivity contribution in [3.8, 4) is 0 Å². The molecule has 2 aromatic rings. The molecule has 0 spiro atoms. The molecule has 2 rings (SSSR count). The highest BCUT2D eigenvalue weighted by atomic mass is 32.2. The summed E-state index contributed by atoms with van der Waals surface area (Å²) >= 11 is 0. The Balaban J connectivity index is 2.58. The molecule has 1 atom stereocenters. The molecule has 1 aromatic carbocycles. The highest BCUT2D eigenvalue weighted by Gasteiger charge is 2.30. The number of hydrogen-bond donors (Lipinski definition) is 0. The van der Waals surface area contributed by atoms with Crippen molar-refractivity contribution in [1.82, 2.24) is 9.97 Å². The third kappa shape index (κ3) is 2.44. The van der Waals surface area contributed by atoms with Gasteiger partial charge in [0.2, 0.25) is 0 Å². The summed E-state index contributed by atoms with van der Waals surface area (Å²) in [6.07, 6.45) is -1.75. The maximum Gasteiger partial charge on any atom is 0.416 e. The van der Waals surface area contributed by atoms with E-state index in [1.54, 1.807) is 0 Å². The van der Waals surface area contributed by atoms with Crippen molar-refractivity contribution in [3.63, 3.8) is 0 Å². The van der Waals surface area contributed by atoms with Crippen molar-refractivity contribution in [2.75, 3.05) is 6.26 Å². The molecule has 1 heterocycles. The Bertz CT molecular complexity index is 598. The van der Waals surface area contributed by atoms with Crippen LogP contribution in [0.4, 0.5) is 13.2 Å². The Kier molecular flexibility index (Phi) is 2.86. The fraction of sp³-hybridized carbons (Fsp3) is 0.200. The zero-order chi connectivity index (χ0) is 12.6. The molecular weight excluding hydrogens is 253 g/mol. The Morgan fingerprint density at radius 3 is 2.53 bits per heavy atom. The first kappa shape index (κ1) is 12.0. The number of alkyl halides is 3. The minimum atomic E-state index is -4.40. The van der Waals surface area contributed by atoms with Gasteiger partial charge < -0.3 is 0 Å². The van der Waals surface area contributed by atoms with Gasteiger partial charge in [0.1, 0.15) is 5.03 Å². The van der Waals surface area contributed by atoms with Gasteiger partial charge in [-0.25, -0.2) is 4.98 Å². The second kappa shape index (κ2) is 4.06. The topological polar surface area (TPSA) is 42.9 Å². The lowest BCUT2D eigenvalue weighted by molar-refractivity contribution is -0.137. The van der Waals surface area contributed by atoms with Gasteiger partial charge in [0, 0.05) is 6.26 Å². The molecular formula is C10H7F3N2OS. The van der Waals surface area contributed by atoms with Crippen LogP contribution in [-0.2, 0) is 17.0 Å². The van der Waals surface area contributed by atoms with E-state index >= 15 is 0 Å². The van der Waals surface area contributed by atoms with Gasteiger partial charge in [-0.15, -0.1) is 0 Å². The lowest BCUT2D eigenvalue weighted by Crippen LogP contribution is -2.05. The van der Waals surface area contributed by atoms with Gasteiger partial charge in [-0.1, -0.05) is 0 Å². The normalized spacial score (nSPS) is 13.9. The molecule has 7 heteroatoms. The smallest absolute Gasteiger partial charge is 0.253 e. The average Bonchev–Trinajstić information content (AvgIpc) is 2.26. The van der Waals surface area contributed by atoms with E-state index in [9.17, 15) is 17.4 Å². The van der Waals surface area contributed by atoms with E-state index in [0.717, 1.165) is 12.1 Å². The molecule has 0 unspecified atom stereocenters. The van der Waals surface area contributed by atoms with Crippen LogP contribution >= 0.6 is 0 Å². The SMILES string of the molecule is C[S@](=O)c1cnc2cc(C(F)(F)F)ccc2n1. The molecule has 0 saturated heterocycles. The maximum absolute atomic E-state index is 12.4. The van der Waals surface area contributed by atoms with Gasteiger partial charge >= 0.3 is 6.18 Å². The van der Waals surface area contributed by atoms with E-state index in [1.807, 2.05) is 0 Å². The molecule has 0 aliphatic heterocycles. The zero-order valence-electron chi connectivity index (χ0n) is 8.65. The molecule has 0 N–H and O–H groups in total. The minimum absolute atomic E-state index is 0.133. The third-order valence-corrected chi connectivity index (χ3v) is 2.93. The second-order valence-corrected chi connectivity index (χ2v) is 4.69. The first-order valence-corrected chi connectivity index (χ1v) is 6.11. The van der Waals surface area contributed by atoms with Crippen LogP contribution in [-0.4, -0.2) is 20.4 Å². The monoisotopic (exact) mass is 260 g/mol. The van der Waals surface area contributed by atoms with Gasteiger partial charge in [0.15, 0.2) is 0 Å². The van der Waals surface area contributed by atoms with Crippen LogP contribution in [0.15, 0.2) is 29.4 Å². The fourth-order valence-corrected chi connectivity index (χ4v) is 1.74. The summed E-state index contributed by atoms with van der Waals surface area (Å²) in [6.45, 7) is 0. The summed E-state index contributed by atoms with van der Waals surface area (Å²) in [5.74, 6) is 0. The number of halogens is 3. The highest BCUT2D eigenvalue weighted by molar-refractivity contribution is 7.84. The molecule has 0 fully saturated rings. The first-order chi connectivity index (χ1) is 7.88. The highest BCUT2D eigenvalue weighted by Crippen LogP contribution is 2.30. The van der Waals surface area contributed by atoms with Crippen molar-refractivity contribution >= 4 is 21.8 Å². The number of rotatable bonds is 1. The predicted molar refractivity (Wildman–Crippen MR) is 56.9 cm³/mol. The van der Waals surface area contributed by atoms with E-state index < -0.39 is 22.5 Å². The largest absolute Gasteiger partial charge is 0.416 e. The summed E-state index contributed by atoms with van der Waals surface area (Å²) in [4.78, 5) is 7.79. The molecule has 0 aliphatic rings. The standard InChI is InChI=1S/C10H7F3N2OS/c1-17(16)9-5-14-8-4-6(10(11,12)13)2-3-7(8)15-9/h2-5H,1H3/t17-/m0/s1. The van der Waals surface area contributed by atoms with Crippen LogP contribution < -0.4 is 0 Å². The summed E-state index contributed by atoms with van der Waals surface area (Å²) in [5.41, 5.74) is -0.343. The third-order valence-electron chi connectivity index (χ3n) is 2.14. The predicted octanol–water partition coefficient (Wildman–Crippen LogP) is 2.39. The molecule has 17 heavy (non-hydrogen) atoms. The average molecular weight is 260 g/mol. The van der Waals surface area contributed by atoms with Gasteiger partial charge in [0.05, 0.1) is 33.6 Å². The second-order valence-electron chi connectivity index (χ2n) is 3.36. The molecule has 0 amide bonds. The van der Waals surface area contributed by atoms with Crippen LogP contribution in [0.1, 0.15) is 5.56 Å². The quantitative estimate of drug-likeness (QED) is 0.790. The van der Waals surface area contributed by atoms with E-state index in [1.165, 1.54) is 18.5 Å². The number of fused-ring (bicyclic) bond motifs is 1. The van der Waals surface area contributed by atoms with Crippen molar-refractivity contribution in [2.45, 2.75) is 11.2 Å². The zero-order valence-corrected chi connectivity index (χ0v) is 9.47. The van der Waals surface area contributed by atoms with Crippen molar-refractivity contribution in [3.05, 3.63) is 30.0 Å². The van der Waals surface area contributed by atoms with E-state index in [4.69, 9.17) is 0 Å². The molecule has 1 aromatic heterocycles. The number of nitrogens with zero attached hydrogens (tertiary/aromatic N) is 2. The van der Waals surface area contributed by atoms with Crippen molar-refractivity contribution < 1.29 is 17.4 Å². The number of benzene rings is 1. The van der Waals surface area contributed by atoms with Crippen molar-refractivity contribution in [1.29, 1.82) is 0 Å². The Morgan fingerprint density at radius 1 is 1.24 bits per heavy atom. The molecule has 0 saturated carbocycles. The Labute approximate surface area is 97.2 Å².